The van der Waals surface area contributed by atoms with Crippen LogP contribution < -0.4 is 5.32 Å². The van der Waals surface area contributed by atoms with Gasteiger partial charge in [-0.15, -0.1) is 11.8 Å². The van der Waals surface area contributed by atoms with E-state index in [1.54, 1.807) is 23.9 Å². The van der Waals surface area contributed by atoms with E-state index in [4.69, 9.17) is 4.74 Å². The second kappa shape index (κ2) is 10.1. The van der Waals surface area contributed by atoms with Crippen LogP contribution in [0.4, 0.5) is 5.69 Å². The van der Waals surface area contributed by atoms with Crippen molar-refractivity contribution >= 4 is 41.1 Å². The number of allylic oxidation sites excluding steroid dienone is 2. The van der Waals surface area contributed by atoms with Crippen LogP contribution in [0.1, 0.15) is 33.1 Å². The van der Waals surface area contributed by atoms with Crippen LogP contribution >= 0.6 is 11.8 Å². The Hall–Kier alpha value is -2.61. The first-order chi connectivity index (χ1) is 14.8. The van der Waals surface area contributed by atoms with E-state index in [1.807, 2.05) is 44.4 Å². The summed E-state index contributed by atoms with van der Waals surface area (Å²) >= 11 is 1.59. The van der Waals surface area contributed by atoms with Crippen LogP contribution in [0.5, 0.6) is 0 Å². The Kier molecular flexibility index (Phi) is 7.54. The van der Waals surface area contributed by atoms with Crippen LogP contribution in [-0.2, 0) is 23.9 Å². The largest absolute Gasteiger partial charge is 0.454 e. The minimum atomic E-state index is -1.01. The first kappa shape index (κ1) is 23.1. The van der Waals surface area contributed by atoms with Crippen molar-refractivity contribution in [2.24, 2.45) is 17.8 Å². The topological polar surface area (TPSA) is 92.8 Å². The molecule has 1 N–H and O–H groups in total. The zero-order valence-corrected chi connectivity index (χ0v) is 18.8. The van der Waals surface area contributed by atoms with Crippen LogP contribution in [0.15, 0.2) is 41.3 Å². The Labute approximate surface area is 186 Å². The van der Waals surface area contributed by atoms with Gasteiger partial charge in [-0.3, -0.25) is 19.3 Å². The van der Waals surface area contributed by atoms with Gasteiger partial charge in [0.2, 0.25) is 11.8 Å². The molecule has 3 amide bonds. The summed E-state index contributed by atoms with van der Waals surface area (Å²) in [6.07, 6.45) is 7.08. The Morgan fingerprint density at radius 3 is 2.19 bits per heavy atom. The first-order valence-corrected chi connectivity index (χ1v) is 11.7. The SMILES string of the molecule is CSc1ccc(NC(=O)COC(=O)C(CC(C)C)N2C(=O)C3CC=CCC3C2=O)cc1. The molecular formula is C23H28N2O5S. The maximum atomic E-state index is 12.9. The molecular weight excluding hydrogens is 416 g/mol. The molecule has 3 atom stereocenters. The van der Waals surface area contributed by atoms with Gasteiger partial charge in [0.15, 0.2) is 6.61 Å². The van der Waals surface area contributed by atoms with Crippen molar-refractivity contribution in [3.8, 4) is 0 Å². The van der Waals surface area contributed by atoms with Gasteiger partial charge in [0, 0.05) is 10.6 Å². The zero-order valence-electron chi connectivity index (χ0n) is 18.0. The van der Waals surface area contributed by atoms with Crippen molar-refractivity contribution in [1.29, 1.82) is 0 Å². The number of anilines is 1. The number of rotatable bonds is 8. The molecule has 1 heterocycles. The van der Waals surface area contributed by atoms with E-state index < -0.39 is 36.4 Å². The van der Waals surface area contributed by atoms with Gasteiger partial charge in [-0.1, -0.05) is 26.0 Å². The predicted octanol–water partition coefficient (Wildman–Crippen LogP) is 3.26. The predicted molar refractivity (Wildman–Crippen MR) is 118 cm³/mol. The molecule has 166 valence electrons. The number of imide groups is 1. The molecule has 1 aliphatic carbocycles. The fourth-order valence-corrected chi connectivity index (χ4v) is 4.40. The monoisotopic (exact) mass is 444 g/mol. The molecule has 3 rings (SSSR count). The van der Waals surface area contributed by atoms with Crippen molar-refractivity contribution in [3.05, 3.63) is 36.4 Å². The van der Waals surface area contributed by atoms with E-state index in [2.05, 4.69) is 5.32 Å². The van der Waals surface area contributed by atoms with Gasteiger partial charge in [0.25, 0.3) is 5.91 Å². The number of hydrogen-bond donors (Lipinski definition) is 1. The first-order valence-electron chi connectivity index (χ1n) is 10.4. The lowest BCUT2D eigenvalue weighted by molar-refractivity contribution is -0.160. The summed E-state index contributed by atoms with van der Waals surface area (Å²) in [6, 6.07) is 6.28. The molecule has 0 aromatic heterocycles. The zero-order chi connectivity index (χ0) is 22.5. The van der Waals surface area contributed by atoms with Crippen LogP contribution in [0.25, 0.3) is 0 Å². The number of amides is 3. The van der Waals surface area contributed by atoms with Gasteiger partial charge in [-0.25, -0.2) is 4.79 Å². The van der Waals surface area contributed by atoms with E-state index >= 15 is 0 Å². The molecule has 1 aliphatic heterocycles. The molecule has 1 saturated heterocycles. The summed E-state index contributed by atoms with van der Waals surface area (Å²) in [5, 5.41) is 2.67. The maximum absolute atomic E-state index is 12.9. The van der Waals surface area contributed by atoms with Crippen molar-refractivity contribution in [2.45, 2.75) is 44.0 Å². The van der Waals surface area contributed by atoms with Gasteiger partial charge < -0.3 is 10.1 Å². The number of fused-ring (bicyclic) bond motifs is 1. The minimum absolute atomic E-state index is 0.0580. The summed E-state index contributed by atoms with van der Waals surface area (Å²) in [6.45, 7) is 3.33. The van der Waals surface area contributed by atoms with Crippen molar-refractivity contribution in [2.75, 3.05) is 18.2 Å². The number of thioether (sulfide) groups is 1. The highest BCUT2D eigenvalue weighted by atomic mass is 32.2. The van der Waals surface area contributed by atoms with Crippen molar-refractivity contribution < 1.29 is 23.9 Å². The highest BCUT2D eigenvalue weighted by molar-refractivity contribution is 7.98. The third-order valence-electron chi connectivity index (χ3n) is 5.54. The number of carbonyl (C=O) groups is 4. The molecule has 3 unspecified atom stereocenters. The number of esters is 1. The fraction of sp³-hybridized carbons (Fsp3) is 0.478. The Bertz CT molecular complexity index is 854. The molecule has 0 spiro atoms. The van der Waals surface area contributed by atoms with Crippen LogP contribution in [0, 0.1) is 17.8 Å². The molecule has 1 aromatic carbocycles. The normalized spacial score (nSPS) is 21.2. The van der Waals surface area contributed by atoms with Gasteiger partial charge in [0.1, 0.15) is 6.04 Å². The Morgan fingerprint density at radius 2 is 1.68 bits per heavy atom. The minimum Gasteiger partial charge on any atom is -0.454 e. The molecule has 2 aliphatic rings. The summed E-state index contributed by atoms with van der Waals surface area (Å²) in [4.78, 5) is 53.0. The summed E-state index contributed by atoms with van der Waals surface area (Å²) in [5.74, 6) is -2.61. The standard InChI is InChI=1S/C23H28N2O5S/c1-14(2)12-19(25-21(27)17-6-4-5-7-18(17)22(25)28)23(29)30-13-20(26)24-15-8-10-16(31-3)11-9-15/h4-5,8-11,14,17-19H,6-7,12-13H2,1-3H3,(H,24,26). The number of carbonyl (C=O) groups excluding carboxylic acids is 4. The number of likely N-dealkylation sites (tertiary alicyclic amines) is 1. The molecule has 0 bridgehead atoms. The van der Waals surface area contributed by atoms with Crippen molar-refractivity contribution in [1.82, 2.24) is 4.90 Å². The Morgan fingerprint density at radius 1 is 1.10 bits per heavy atom. The highest BCUT2D eigenvalue weighted by Crippen LogP contribution is 2.37. The highest BCUT2D eigenvalue weighted by Gasteiger charge is 2.51. The van der Waals surface area contributed by atoms with E-state index in [9.17, 15) is 19.2 Å². The molecule has 8 heteroatoms. The van der Waals surface area contributed by atoms with Crippen molar-refractivity contribution in [3.63, 3.8) is 0 Å². The van der Waals surface area contributed by atoms with E-state index in [1.165, 1.54) is 0 Å². The van der Waals surface area contributed by atoms with E-state index in [-0.39, 0.29) is 17.7 Å². The van der Waals surface area contributed by atoms with Gasteiger partial charge in [-0.2, -0.15) is 0 Å². The molecule has 0 radical (unpaired) electrons. The Balaban J connectivity index is 1.64. The fourth-order valence-electron chi connectivity index (χ4n) is 3.99. The van der Waals surface area contributed by atoms with Crippen LogP contribution in [-0.4, -0.2) is 47.5 Å². The number of nitrogens with one attached hydrogen (secondary N) is 1. The average Bonchev–Trinajstić information content (AvgIpc) is 3.01. The lowest BCUT2D eigenvalue weighted by Crippen LogP contribution is -2.47. The number of ether oxygens (including phenoxy) is 1. The molecule has 1 fully saturated rings. The second-order valence-electron chi connectivity index (χ2n) is 8.23. The van der Waals surface area contributed by atoms with Gasteiger partial charge in [0.05, 0.1) is 11.8 Å². The van der Waals surface area contributed by atoms with E-state index in [0.717, 1.165) is 9.80 Å². The lowest BCUT2D eigenvalue weighted by atomic mass is 9.85. The summed E-state index contributed by atoms with van der Waals surface area (Å²) in [5.41, 5.74) is 0.596. The molecule has 7 nitrogen and oxygen atoms in total. The summed E-state index contributed by atoms with van der Waals surface area (Å²) in [7, 11) is 0. The third kappa shape index (κ3) is 5.36. The maximum Gasteiger partial charge on any atom is 0.329 e. The molecule has 0 saturated carbocycles. The molecule has 31 heavy (non-hydrogen) atoms. The second-order valence-corrected chi connectivity index (χ2v) is 9.11. The number of nitrogens with zero attached hydrogens (tertiary/aromatic N) is 1. The van der Waals surface area contributed by atoms with Gasteiger partial charge >= 0.3 is 5.97 Å². The van der Waals surface area contributed by atoms with Gasteiger partial charge in [-0.05, 0) is 55.7 Å². The smallest absolute Gasteiger partial charge is 0.329 e. The average molecular weight is 445 g/mol. The number of hydrogen-bond acceptors (Lipinski definition) is 6. The van der Waals surface area contributed by atoms with Crippen LogP contribution in [0.2, 0.25) is 0 Å². The quantitative estimate of drug-likeness (QED) is 0.286. The third-order valence-corrected chi connectivity index (χ3v) is 6.28. The number of benzene rings is 1. The van der Waals surface area contributed by atoms with E-state index in [0.29, 0.717) is 24.9 Å². The summed E-state index contributed by atoms with van der Waals surface area (Å²) < 4.78 is 5.23. The lowest BCUT2D eigenvalue weighted by Gasteiger charge is -2.26. The van der Waals surface area contributed by atoms with Crippen LogP contribution in [0.3, 0.4) is 0 Å². The molecule has 1 aromatic rings.